The molecule has 0 N–H and O–H groups in total. The van der Waals surface area contributed by atoms with Crippen molar-refractivity contribution in [2.75, 3.05) is 0 Å². The van der Waals surface area contributed by atoms with Crippen molar-refractivity contribution in [3.63, 3.8) is 0 Å². The van der Waals surface area contributed by atoms with E-state index >= 15 is 0 Å². The lowest BCUT2D eigenvalue weighted by atomic mass is 10.0. The molecule has 0 aliphatic rings. The Balaban J connectivity index is 1.48. The first-order chi connectivity index (χ1) is 17.2. The summed E-state index contributed by atoms with van der Waals surface area (Å²) in [6.45, 7) is 6.30. The molecular weight excluding hydrogens is 424 g/mol. The molecule has 35 heavy (non-hydrogen) atoms. The maximum atomic E-state index is 4.23. The van der Waals surface area contributed by atoms with Gasteiger partial charge in [0.15, 0.2) is 0 Å². The van der Waals surface area contributed by atoms with Crippen molar-refractivity contribution in [1.82, 2.24) is 9.13 Å². The summed E-state index contributed by atoms with van der Waals surface area (Å²) in [5.74, 6) is 0. The minimum atomic E-state index is 1.03. The van der Waals surface area contributed by atoms with E-state index in [4.69, 9.17) is 0 Å². The zero-order valence-corrected chi connectivity index (χ0v) is 19.6. The minimum Gasteiger partial charge on any atom is -0.314 e. The van der Waals surface area contributed by atoms with Crippen LogP contribution in [0.2, 0.25) is 0 Å². The van der Waals surface area contributed by atoms with Gasteiger partial charge in [-0.3, -0.25) is 0 Å². The molecule has 2 nitrogen and oxygen atoms in total. The fourth-order valence-electron chi connectivity index (χ4n) is 5.57. The predicted molar refractivity (Wildman–Crippen MR) is 150 cm³/mol. The molecule has 0 aliphatic heterocycles. The summed E-state index contributed by atoms with van der Waals surface area (Å²) in [6.07, 6.45) is 0. The van der Waals surface area contributed by atoms with Crippen molar-refractivity contribution < 1.29 is 0 Å². The van der Waals surface area contributed by atoms with E-state index in [1.165, 1.54) is 60.4 Å². The van der Waals surface area contributed by atoms with Gasteiger partial charge in [0.05, 0.1) is 22.1 Å². The first kappa shape index (κ1) is 19.9. The Morgan fingerprint density at radius 1 is 0.514 bits per heavy atom. The summed E-state index contributed by atoms with van der Waals surface area (Å²) in [6, 6.07) is 41.5. The average Bonchev–Trinajstić information content (AvgIpc) is 3.41. The fraction of sp³-hybridized carbons (Fsp3) is 0.0303. The molecule has 0 aliphatic carbocycles. The van der Waals surface area contributed by atoms with E-state index in [-0.39, 0.29) is 0 Å². The number of rotatable bonds is 3. The lowest BCUT2D eigenvalue weighted by molar-refractivity contribution is 1.18. The maximum absolute atomic E-state index is 4.23. The Kier molecular flexibility index (Phi) is 4.24. The lowest BCUT2D eigenvalue weighted by Gasteiger charge is -2.09. The van der Waals surface area contributed by atoms with Gasteiger partial charge in [0, 0.05) is 32.9 Å². The number of aromatic nitrogens is 2. The van der Waals surface area contributed by atoms with Gasteiger partial charge in [-0.25, -0.2) is 0 Å². The SMILES string of the molecule is C=C(C)n1c2ccccc2c2cc(-c3ccc4c(c3)c3ccccc3n4-c3ccccc3)ccc21. The molecule has 0 fully saturated rings. The van der Waals surface area contributed by atoms with Gasteiger partial charge < -0.3 is 9.13 Å². The number of nitrogens with zero attached hydrogens (tertiary/aromatic N) is 2. The molecule has 7 rings (SSSR count). The third-order valence-electron chi connectivity index (χ3n) is 7.07. The van der Waals surface area contributed by atoms with Crippen LogP contribution in [-0.2, 0) is 0 Å². The predicted octanol–water partition coefficient (Wildman–Crippen LogP) is 9.05. The van der Waals surface area contributed by atoms with Crippen LogP contribution >= 0.6 is 0 Å². The third-order valence-corrected chi connectivity index (χ3v) is 7.07. The standard InChI is InChI=1S/C33H24N2/c1-22(2)34-30-14-8-6-12-26(30)28-20-23(16-18-32(28)34)24-17-19-33-29(21-24)27-13-7-9-15-31(27)35(33)25-10-4-3-5-11-25/h3-21H,1H2,2H3. The van der Waals surface area contributed by atoms with Gasteiger partial charge in [0.25, 0.3) is 0 Å². The monoisotopic (exact) mass is 448 g/mol. The summed E-state index contributed by atoms with van der Waals surface area (Å²) >= 11 is 0. The molecule has 0 saturated carbocycles. The van der Waals surface area contributed by atoms with Crippen molar-refractivity contribution in [2.45, 2.75) is 6.92 Å². The molecule has 0 bridgehead atoms. The normalized spacial score (nSPS) is 11.7. The Labute approximate surface area is 204 Å². The van der Waals surface area contributed by atoms with Gasteiger partial charge in [-0.05, 0) is 66.6 Å². The Hall–Kier alpha value is -4.56. The molecule has 2 aromatic heterocycles. The summed E-state index contributed by atoms with van der Waals surface area (Å²) < 4.78 is 4.61. The van der Waals surface area contributed by atoms with Crippen LogP contribution in [0.5, 0.6) is 0 Å². The zero-order valence-electron chi connectivity index (χ0n) is 19.6. The molecule has 2 heterocycles. The van der Waals surface area contributed by atoms with Crippen LogP contribution < -0.4 is 0 Å². The largest absolute Gasteiger partial charge is 0.314 e. The quantitative estimate of drug-likeness (QED) is 0.255. The van der Waals surface area contributed by atoms with Crippen molar-refractivity contribution in [3.05, 3.63) is 122 Å². The average molecular weight is 449 g/mol. The number of hydrogen-bond donors (Lipinski definition) is 0. The first-order valence-corrected chi connectivity index (χ1v) is 12.0. The van der Waals surface area contributed by atoms with Gasteiger partial charge in [-0.15, -0.1) is 0 Å². The highest BCUT2D eigenvalue weighted by molar-refractivity contribution is 6.12. The van der Waals surface area contributed by atoms with Gasteiger partial charge in [0.1, 0.15) is 0 Å². The molecular formula is C33H24N2. The van der Waals surface area contributed by atoms with E-state index in [0.29, 0.717) is 0 Å². The van der Waals surface area contributed by atoms with E-state index in [0.717, 1.165) is 5.70 Å². The molecule has 7 aromatic rings. The van der Waals surface area contributed by atoms with Crippen LogP contribution in [0.1, 0.15) is 6.92 Å². The molecule has 0 atom stereocenters. The van der Waals surface area contributed by atoms with Crippen LogP contribution in [0.25, 0.3) is 66.1 Å². The van der Waals surface area contributed by atoms with Crippen molar-refractivity contribution in [1.29, 1.82) is 0 Å². The second kappa shape index (κ2) is 7.48. The highest BCUT2D eigenvalue weighted by Crippen LogP contribution is 2.37. The van der Waals surface area contributed by atoms with Crippen LogP contribution in [0.4, 0.5) is 0 Å². The van der Waals surface area contributed by atoms with Crippen molar-refractivity contribution in [3.8, 4) is 16.8 Å². The molecule has 0 unspecified atom stereocenters. The molecule has 5 aromatic carbocycles. The zero-order chi connectivity index (χ0) is 23.5. The van der Waals surface area contributed by atoms with E-state index in [9.17, 15) is 0 Å². The number of allylic oxidation sites excluding steroid dienone is 1. The molecule has 0 spiro atoms. The van der Waals surface area contributed by atoms with Crippen molar-refractivity contribution >= 4 is 49.3 Å². The van der Waals surface area contributed by atoms with Gasteiger partial charge >= 0.3 is 0 Å². The first-order valence-electron chi connectivity index (χ1n) is 12.0. The lowest BCUT2D eigenvalue weighted by Crippen LogP contribution is -1.92. The van der Waals surface area contributed by atoms with Crippen LogP contribution in [0.3, 0.4) is 0 Å². The summed E-state index contributed by atoms with van der Waals surface area (Å²) in [4.78, 5) is 0. The van der Waals surface area contributed by atoms with Gasteiger partial charge in [-0.2, -0.15) is 0 Å². The molecule has 0 amide bonds. The second-order valence-corrected chi connectivity index (χ2v) is 9.24. The second-order valence-electron chi connectivity index (χ2n) is 9.24. The number of hydrogen-bond acceptors (Lipinski definition) is 0. The Bertz CT molecular complexity index is 1920. The van der Waals surface area contributed by atoms with E-state index in [2.05, 4.69) is 138 Å². The third kappa shape index (κ3) is 2.90. The topological polar surface area (TPSA) is 9.86 Å². The number of para-hydroxylation sites is 3. The maximum Gasteiger partial charge on any atom is 0.0541 e. The summed E-state index contributed by atoms with van der Waals surface area (Å²) in [7, 11) is 0. The minimum absolute atomic E-state index is 1.03. The fourth-order valence-corrected chi connectivity index (χ4v) is 5.57. The van der Waals surface area contributed by atoms with Crippen molar-refractivity contribution in [2.24, 2.45) is 0 Å². The highest BCUT2D eigenvalue weighted by atomic mass is 15.0. The molecule has 166 valence electrons. The van der Waals surface area contributed by atoms with Gasteiger partial charge in [-0.1, -0.05) is 73.3 Å². The van der Waals surface area contributed by atoms with E-state index in [1.54, 1.807) is 0 Å². The Morgan fingerprint density at radius 3 is 1.69 bits per heavy atom. The Morgan fingerprint density at radius 2 is 1.00 bits per heavy atom. The van der Waals surface area contributed by atoms with Crippen LogP contribution in [0.15, 0.2) is 122 Å². The number of fused-ring (bicyclic) bond motifs is 6. The van der Waals surface area contributed by atoms with E-state index in [1.807, 2.05) is 0 Å². The smallest absolute Gasteiger partial charge is 0.0541 e. The van der Waals surface area contributed by atoms with Crippen LogP contribution in [0, 0.1) is 0 Å². The van der Waals surface area contributed by atoms with Gasteiger partial charge in [0.2, 0.25) is 0 Å². The molecule has 2 heteroatoms. The highest BCUT2D eigenvalue weighted by Gasteiger charge is 2.15. The summed E-state index contributed by atoms with van der Waals surface area (Å²) in [5, 5.41) is 5.06. The van der Waals surface area contributed by atoms with E-state index < -0.39 is 0 Å². The summed E-state index contributed by atoms with van der Waals surface area (Å²) in [5.41, 5.74) is 9.51. The molecule has 0 saturated heterocycles. The van der Waals surface area contributed by atoms with Crippen LogP contribution in [-0.4, -0.2) is 9.13 Å². The number of benzene rings is 5. The molecule has 0 radical (unpaired) electrons.